The molecule has 0 aromatic rings. The Balaban J connectivity index is 0.944. The first kappa shape index (κ1) is 113. The first-order valence-corrected chi connectivity index (χ1v) is 44.3. The normalized spacial score (nSPS) is 51.6. The van der Waals surface area contributed by atoms with Crippen molar-refractivity contribution in [1.29, 1.82) is 0 Å². The van der Waals surface area contributed by atoms with E-state index in [0.29, 0.717) is 0 Å². The van der Waals surface area contributed by atoms with Crippen LogP contribution in [0.4, 0.5) is 0 Å². The van der Waals surface area contributed by atoms with E-state index in [2.05, 4.69) is 16.0 Å². The number of amides is 3. The molecule has 0 spiro atoms. The Kier molecular flexibility index (Phi) is 40.0. The Morgan fingerprint density at radius 3 is 0.986 bits per heavy atom. The predicted molar refractivity (Wildman–Crippen MR) is 421 cm³/mol. The van der Waals surface area contributed by atoms with Gasteiger partial charge in [0.15, 0.2) is 75.5 Å². The predicted octanol–water partition coefficient (Wildman–Crippen LogP) is -24.0. The molecule has 59 atom stereocenters. The quantitative estimate of drug-likeness (QED) is 0.0284. The highest BCUT2D eigenvalue weighted by atomic mass is 16.8. The molecule has 138 heavy (non-hydrogen) atoms. The van der Waals surface area contributed by atoms with Gasteiger partial charge in [0.25, 0.3) is 0 Å². The summed E-state index contributed by atoms with van der Waals surface area (Å²) in [5.74, 6) is -3.08. The molecule has 12 saturated heterocycles. The Morgan fingerprint density at radius 1 is 0.232 bits per heavy atom. The van der Waals surface area contributed by atoms with Gasteiger partial charge >= 0.3 is 0 Å². The fraction of sp³-hybridized carbons (Fsp3) is 0.961. The van der Waals surface area contributed by atoms with Gasteiger partial charge in [-0.1, -0.05) is 0 Å². The van der Waals surface area contributed by atoms with Gasteiger partial charge in [-0.05, 0) is 13.8 Å². The molecule has 0 aromatic carbocycles. The Morgan fingerprint density at radius 2 is 0.514 bits per heavy atom. The lowest BCUT2D eigenvalue weighted by molar-refractivity contribution is -0.415. The summed E-state index contributed by atoms with van der Waals surface area (Å²) in [6.07, 6.45) is -122. The number of ether oxygens (including phenoxy) is 23. The van der Waals surface area contributed by atoms with Crippen LogP contribution in [0.25, 0.3) is 0 Å². The second-order valence-electron chi connectivity index (χ2n) is 35.4. The van der Waals surface area contributed by atoms with Crippen molar-refractivity contribution in [2.24, 2.45) is 0 Å². The second-order valence-corrected chi connectivity index (χ2v) is 35.4. The smallest absolute Gasteiger partial charge is 0.217 e. The molecule has 61 heteroatoms. The molecule has 12 aliphatic rings. The number of aliphatic hydroxyl groups is 32. The van der Waals surface area contributed by atoms with Crippen LogP contribution in [0.1, 0.15) is 34.6 Å². The number of carbonyl (C=O) groups is 3. The Bertz CT molecular complexity index is 3760. The van der Waals surface area contributed by atoms with E-state index in [1.807, 2.05) is 0 Å². The van der Waals surface area contributed by atoms with E-state index >= 15 is 0 Å². The van der Waals surface area contributed by atoms with E-state index in [9.17, 15) is 178 Å². The van der Waals surface area contributed by atoms with Gasteiger partial charge in [-0.3, -0.25) is 14.4 Å². The maximum atomic E-state index is 13.9. The zero-order valence-corrected chi connectivity index (χ0v) is 74.1. The molecule has 12 fully saturated rings. The van der Waals surface area contributed by atoms with Gasteiger partial charge < -0.3 is 288 Å². The number of hydrogen-bond acceptors (Lipinski definition) is 58. The summed E-state index contributed by atoms with van der Waals surface area (Å²) in [5.41, 5.74) is 0. The molecule has 61 nitrogen and oxygen atoms in total. The number of aliphatic hydroxyl groups excluding tert-OH is 32. The molecule has 3 amide bonds. The van der Waals surface area contributed by atoms with Crippen LogP contribution in [-0.4, -0.2) is 609 Å². The van der Waals surface area contributed by atoms with Gasteiger partial charge in [0.1, 0.15) is 274 Å². The lowest BCUT2D eigenvalue weighted by Crippen LogP contribution is -2.72. The lowest BCUT2D eigenvalue weighted by atomic mass is 9.93. The van der Waals surface area contributed by atoms with Crippen molar-refractivity contribution in [1.82, 2.24) is 16.0 Å². The van der Waals surface area contributed by atoms with E-state index in [4.69, 9.17) is 109 Å². The monoisotopic (exact) mass is 2020 g/mol. The summed E-state index contributed by atoms with van der Waals surface area (Å²) in [6.45, 7) is -6.76. The Labute approximate surface area is 781 Å². The van der Waals surface area contributed by atoms with Gasteiger partial charge in [-0.15, -0.1) is 0 Å². The highest BCUT2D eigenvalue weighted by Gasteiger charge is 2.64. The number of rotatable bonds is 34. The first-order valence-electron chi connectivity index (χ1n) is 44.3. The second kappa shape index (κ2) is 48.9. The molecule has 0 aliphatic carbocycles. The van der Waals surface area contributed by atoms with E-state index in [1.54, 1.807) is 0 Å². The topological polar surface area (TPSA) is 947 Å². The van der Waals surface area contributed by atoms with Crippen molar-refractivity contribution in [2.75, 3.05) is 66.1 Å². The van der Waals surface area contributed by atoms with Crippen molar-refractivity contribution >= 4 is 17.7 Å². The summed E-state index contributed by atoms with van der Waals surface area (Å²) in [7, 11) is 0. The van der Waals surface area contributed by atoms with Gasteiger partial charge in [0.2, 0.25) is 17.7 Å². The Hall–Kier alpha value is -3.79. The SMILES string of the molecule is CC(=O)N[C@H]1[C@H](O[C@H]2[C@H](O[C@@H]3O[C@@H](C)[C@@H](O)[C@@H](O)[C@@H]3O)[C@@H](NC(C)=O)C(O)O[C@@H]2CO)O[C@H](CO)[C@@H](O[C@@H]2O[C@H](CO[C@H]3O[C@H](CO)[C@@H](O)[C@H](O)[C@@H]3O[C@H]3O[C@H](CO)[C@@H](O)[C@H](O)[C@@H]3O)[C@@H](O)[C@H](O[C@H]3O[C@H](CO)[C@@H](O)[C@H](O)[C@@H]3OC3O[C@H](CO)[C@@H](OC4O[C@H](CO)[C@H](OC5O[C@H](CO)[C@H](O)[C@H](O)[C@H]5O)[C@H](O)[C@H]4O)[C@H](O[C@@H]4O[C@@H](C)[C@@H](O)[C@@H](O)[C@@H]4O)[C@H]3NC(C)=O)[C@@H]2OC2OC[C@@H](O)[C@H](O)[C@H]2O)[C@@H]1O. The molecule has 0 bridgehead atoms. The van der Waals surface area contributed by atoms with Crippen LogP contribution in [0, 0.1) is 0 Å². The van der Waals surface area contributed by atoms with Gasteiger partial charge in [0, 0.05) is 20.8 Å². The van der Waals surface area contributed by atoms with Crippen LogP contribution in [0.3, 0.4) is 0 Å². The lowest BCUT2D eigenvalue weighted by Gasteiger charge is -2.53. The summed E-state index contributed by atoms with van der Waals surface area (Å²) < 4.78 is 140. The number of nitrogens with one attached hydrogen (secondary N) is 3. The van der Waals surface area contributed by atoms with Crippen molar-refractivity contribution in [3.8, 4) is 0 Å². The summed E-state index contributed by atoms with van der Waals surface area (Å²) in [4.78, 5) is 40.4. The van der Waals surface area contributed by atoms with E-state index in [1.165, 1.54) is 13.8 Å². The molecule has 35 N–H and O–H groups in total. The summed E-state index contributed by atoms with van der Waals surface area (Å²) >= 11 is 0. The minimum atomic E-state index is -2.69. The summed E-state index contributed by atoms with van der Waals surface area (Å²) in [5, 5.41) is 368. The van der Waals surface area contributed by atoms with Gasteiger partial charge in [-0.2, -0.15) is 0 Å². The largest absolute Gasteiger partial charge is 0.394 e. The number of carbonyl (C=O) groups excluding carboxylic acids is 3. The fourth-order valence-electron chi connectivity index (χ4n) is 18.1. The average molecular weight is 2020 g/mol. The third-order valence-electron chi connectivity index (χ3n) is 25.8. The molecule has 0 radical (unpaired) electrons. The van der Waals surface area contributed by atoms with E-state index in [0.717, 1.165) is 20.8 Å². The van der Waals surface area contributed by atoms with Crippen LogP contribution in [-0.2, 0) is 123 Å². The molecule has 12 aliphatic heterocycles. The molecule has 800 valence electrons. The van der Waals surface area contributed by atoms with Crippen molar-refractivity contribution in [3.05, 3.63) is 0 Å². The molecule has 0 saturated carbocycles. The zero-order chi connectivity index (χ0) is 101. The van der Waals surface area contributed by atoms with E-state index < -0.39 is 446 Å². The maximum Gasteiger partial charge on any atom is 0.217 e. The minimum absolute atomic E-state index is 0.852. The van der Waals surface area contributed by atoms with E-state index in [-0.39, 0.29) is 0 Å². The van der Waals surface area contributed by atoms with Gasteiger partial charge in [-0.25, -0.2) is 0 Å². The van der Waals surface area contributed by atoms with Crippen molar-refractivity contribution in [2.45, 2.75) is 397 Å². The molecule has 0 aromatic heterocycles. The first-order chi connectivity index (χ1) is 65.3. The summed E-state index contributed by atoms with van der Waals surface area (Å²) in [6, 6.07) is -6.21. The van der Waals surface area contributed by atoms with Crippen LogP contribution in [0.5, 0.6) is 0 Å². The van der Waals surface area contributed by atoms with Crippen molar-refractivity contribution < 1.29 is 287 Å². The molecule has 12 heterocycles. The number of hydrogen-bond donors (Lipinski definition) is 35. The fourth-order valence-corrected chi connectivity index (χ4v) is 18.1. The highest BCUT2D eigenvalue weighted by Crippen LogP contribution is 2.44. The minimum Gasteiger partial charge on any atom is -0.394 e. The molecular formula is C77H129N3O58. The van der Waals surface area contributed by atoms with Crippen molar-refractivity contribution in [3.63, 3.8) is 0 Å². The van der Waals surface area contributed by atoms with Crippen LogP contribution in [0.2, 0.25) is 0 Å². The molecule has 12 rings (SSSR count). The average Bonchev–Trinajstić information content (AvgIpc) is 0.759. The highest BCUT2D eigenvalue weighted by molar-refractivity contribution is 5.74. The third-order valence-corrected chi connectivity index (χ3v) is 25.8. The van der Waals surface area contributed by atoms with Gasteiger partial charge in [0.05, 0.1) is 78.3 Å². The molecule has 5 unspecified atom stereocenters. The van der Waals surface area contributed by atoms with Crippen LogP contribution in [0.15, 0.2) is 0 Å². The maximum absolute atomic E-state index is 13.9. The van der Waals surface area contributed by atoms with Crippen LogP contribution >= 0.6 is 0 Å². The van der Waals surface area contributed by atoms with Crippen LogP contribution < -0.4 is 16.0 Å². The standard InChI is InChI=1S/C77H129N3O58/c1-16-34(93)43(102)51(110)70(118-16)133-60-32(79-19(4)90)66(115)120-28(12-87)58(60)131-67-31(78-18(3)89)42(101)56(26(10-85)125-67)130-77-65(138-69-50(109)36(95)21(92)14-116-69)62(41(100)30(128-77)15-117-75-63(47(106)39(98)24(8-83)123-75)137-73-54(113)46(105)38(97)23(7-82)122-73)135-76-64(48(107)40(99)25(9-84)124-76)136-68-33(80-20(5)91)61(134-71-52(111)44(103)35(94)17(2)119-71)59(29(13-88)126-68)132-74-55(114)49(108)57(27(11-86)127-74)129-72-53(112)45(104)37(96)22(6-81)121-72/h16-17,21-77,81-88,92-115H,6-15H2,1-5H3,(H,78,89)(H,79,90)(H,80,91)/t16-,17-,21+,22+,23+,24+,25+,26+,27+,28+,29+,30+,31+,32+,33+,34+,35+,36-,37-,38+,39+,40+,41+,42+,43+,44+,45-,46-,47-,48-,49+,50+,51-,52-,53+,54-,55+,56+,57-,58+,59+,60+,61+,62-,63-,64-,65-,66?,67-,68?,69?,70-,71-,72?,73+,74?,75-,76+,77-/m0/s1. The third kappa shape index (κ3) is 24.3. The zero-order valence-electron chi connectivity index (χ0n) is 74.1. The molecular weight excluding hydrogens is 1890 g/mol.